The summed E-state index contributed by atoms with van der Waals surface area (Å²) < 4.78 is 29.5. The third kappa shape index (κ3) is 5.41. The Labute approximate surface area is 192 Å². The highest BCUT2D eigenvalue weighted by molar-refractivity contribution is 9.10. The van der Waals surface area contributed by atoms with Gasteiger partial charge in [-0.05, 0) is 58.6 Å². The second kappa shape index (κ2) is 9.49. The summed E-state index contributed by atoms with van der Waals surface area (Å²) in [6, 6.07) is 9.66. The maximum absolute atomic E-state index is 11.6. The molecule has 0 amide bonds. The van der Waals surface area contributed by atoms with Crippen molar-refractivity contribution in [3.63, 3.8) is 0 Å². The summed E-state index contributed by atoms with van der Waals surface area (Å²) >= 11 is 15.7. The van der Waals surface area contributed by atoms with E-state index in [2.05, 4.69) is 25.9 Å². The number of benzene rings is 2. The first kappa shape index (κ1) is 22.8. The van der Waals surface area contributed by atoms with E-state index in [9.17, 15) is 13.5 Å². The fraction of sp³-hybridized carbons (Fsp3) is 0.158. The Morgan fingerprint density at radius 3 is 2.47 bits per heavy atom. The van der Waals surface area contributed by atoms with E-state index in [0.717, 1.165) is 12.0 Å². The van der Waals surface area contributed by atoms with Gasteiger partial charge in [0.1, 0.15) is 20.9 Å². The van der Waals surface area contributed by atoms with Gasteiger partial charge in [0.25, 0.3) is 0 Å². The van der Waals surface area contributed by atoms with Crippen molar-refractivity contribution < 1.29 is 18.3 Å². The molecule has 0 bridgehead atoms. The van der Waals surface area contributed by atoms with Gasteiger partial charge in [-0.3, -0.25) is 0 Å². The molecular weight excluding hydrogens is 517 g/mol. The summed E-state index contributed by atoms with van der Waals surface area (Å²) in [4.78, 5) is 8.33. The monoisotopic (exact) mass is 531 g/mol. The summed E-state index contributed by atoms with van der Waals surface area (Å²) in [6.45, 7) is 0.347. The van der Waals surface area contributed by atoms with Crippen LogP contribution in [0.4, 0.5) is 0 Å². The summed E-state index contributed by atoms with van der Waals surface area (Å²) in [5, 5.41) is 14.3. The molecule has 2 aromatic carbocycles. The molecule has 1 heterocycles. The molecule has 0 aliphatic rings. The van der Waals surface area contributed by atoms with Crippen molar-refractivity contribution in [2.24, 2.45) is 5.14 Å². The molecule has 0 unspecified atom stereocenters. The molecule has 7 nitrogen and oxygen atoms in total. The van der Waals surface area contributed by atoms with Crippen molar-refractivity contribution in [2.75, 3.05) is 6.61 Å². The van der Waals surface area contributed by atoms with Gasteiger partial charge in [-0.25, -0.2) is 23.5 Å². The number of aromatic nitrogens is 2. The van der Waals surface area contributed by atoms with E-state index in [1.807, 2.05) is 12.1 Å². The average Bonchev–Trinajstić information content (AvgIpc) is 2.68. The van der Waals surface area contributed by atoms with Crippen LogP contribution in [-0.4, -0.2) is 30.1 Å². The van der Waals surface area contributed by atoms with E-state index in [1.165, 1.54) is 18.3 Å². The van der Waals surface area contributed by atoms with Gasteiger partial charge in [0.2, 0.25) is 15.9 Å². The molecule has 1 aromatic heterocycles. The van der Waals surface area contributed by atoms with Crippen LogP contribution < -0.4 is 9.88 Å². The SMILES string of the molecule is NS(=O)(=O)c1ccc(-c2ncc(Br)nc2OCCCc2ccc(O)cc2)c(Cl)c1Cl. The van der Waals surface area contributed by atoms with Crippen LogP contribution >= 0.6 is 39.1 Å². The van der Waals surface area contributed by atoms with E-state index in [4.69, 9.17) is 33.1 Å². The van der Waals surface area contributed by atoms with Gasteiger partial charge in [-0.15, -0.1) is 0 Å². The average molecular weight is 533 g/mol. The van der Waals surface area contributed by atoms with Gasteiger partial charge in [-0.2, -0.15) is 0 Å². The third-order valence-electron chi connectivity index (χ3n) is 4.10. The minimum Gasteiger partial charge on any atom is -0.508 e. The predicted octanol–water partition coefficient (Wildman–Crippen LogP) is 4.58. The summed E-state index contributed by atoms with van der Waals surface area (Å²) in [7, 11) is -4.03. The van der Waals surface area contributed by atoms with Crippen molar-refractivity contribution >= 4 is 49.2 Å². The number of aryl methyl sites for hydroxylation is 1. The summed E-state index contributed by atoms with van der Waals surface area (Å²) in [5.41, 5.74) is 1.74. The van der Waals surface area contributed by atoms with Crippen molar-refractivity contribution in [3.05, 3.63) is 62.8 Å². The zero-order valence-corrected chi connectivity index (χ0v) is 19.3. The van der Waals surface area contributed by atoms with Crippen LogP contribution in [0.25, 0.3) is 11.3 Å². The number of phenols is 1. The molecule has 0 radical (unpaired) electrons. The highest BCUT2D eigenvalue weighted by Crippen LogP contribution is 2.39. The number of aromatic hydroxyl groups is 1. The topological polar surface area (TPSA) is 115 Å². The number of hydrogen-bond donors (Lipinski definition) is 2. The van der Waals surface area contributed by atoms with E-state index >= 15 is 0 Å². The van der Waals surface area contributed by atoms with Crippen LogP contribution in [0.5, 0.6) is 11.6 Å². The fourth-order valence-electron chi connectivity index (χ4n) is 2.68. The normalized spacial score (nSPS) is 11.5. The Kier molecular flexibility index (Phi) is 7.20. The zero-order chi connectivity index (χ0) is 21.9. The first-order valence-electron chi connectivity index (χ1n) is 8.61. The molecule has 0 atom stereocenters. The Balaban J connectivity index is 1.82. The molecule has 30 heavy (non-hydrogen) atoms. The van der Waals surface area contributed by atoms with Crippen LogP contribution in [-0.2, 0) is 16.4 Å². The molecular formula is C19H16BrCl2N3O4S. The lowest BCUT2D eigenvalue weighted by Gasteiger charge is -2.13. The number of halogens is 3. The number of rotatable bonds is 7. The number of nitrogens with zero attached hydrogens (tertiary/aromatic N) is 2. The minimum atomic E-state index is -4.03. The molecule has 0 saturated carbocycles. The largest absolute Gasteiger partial charge is 0.508 e. The summed E-state index contributed by atoms with van der Waals surface area (Å²) in [6.07, 6.45) is 2.90. The number of ether oxygens (including phenoxy) is 1. The van der Waals surface area contributed by atoms with Gasteiger partial charge in [0.05, 0.1) is 22.8 Å². The number of phenolic OH excluding ortho intramolecular Hbond substituents is 1. The number of hydrogen-bond acceptors (Lipinski definition) is 6. The van der Waals surface area contributed by atoms with Crippen LogP contribution in [0.3, 0.4) is 0 Å². The second-order valence-corrected chi connectivity index (χ2v) is 9.35. The van der Waals surface area contributed by atoms with E-state index in [1.54, 1.807) is 12.1 Å². The fourth-order valence-corrected chi connectivity index (χ4v) is 4.35. The van der Waals surface area contributed by atoms with Gasteiger partial charge < -0.3 is 9.84 Å². The van der Waals surface area contributed by atoms with Crippen molar-refractivity contribution in [3.8, 4) is 22.9 Å². The number of sulfonamides is 1. The molecule has 3 aromatic rings. The molecule has 0 aliphatic heterocycles. The Morgan fingerprint density at radius 1 is 1.10 bits per heavy atom. The first-order chi connectivity index (χ1) is 14.2. The smallest absolute Gasteiger partial charge is 0.241 e. The maximum atomic E-state index is 11.6. The Hall–Kier alpha value is -1.91. The molecule has 158 valence electrons. The van der Waals surface area contributed by atoms with Crippen LogP contribution in [0.1, 0.15) is 12.0 Å². The van der Waals surface area contributed by atoms with Crippen molar-refractivity contribution in [1.82, 2.24) is 9.97 Å². The predicted molar refractivity (Wildman–Crippen MR) is 118 cm³/mol. The zero-order valence-electron chi connectivity index (χ0n) is 15.3. The standard InChI is InChI=1S/C19H16BrCl2N3O4S/c20-15-10-24-18(13-7-8-14(30(23,27)28)17(22)16(13)21)19(25-15)29-9-1-2-11-3-5-12(26)6-4-11/h3-8,10,26H,1-2,9H2,(H2,23,27,28). The summed E-state index contributed by atoms with van der Waals surface area (Å²) in [5.74, 6) is 0.435. The van der Waals surface area contributed by atoms with Gasteiger partial charge in [0.15, 0.2) is 0 Å². The van der Waals surface area contributed by atoms with Gasteiger partial charge in [0, 0.05) is 5.56 Å². The van der Waals surface area contributed by atoms with Gasteiger partial charge >= 0.3 is 0 Å². The van der Waals surface area contributed by atoms with E-state index in [0.29, 0.717) is 28.9 Å². The molecule has 3 rings (SSSR count). The van der Waals surface area contributed by atoms with Crippen molar-refractivity contribution in [2.45, 2.75) is 17.7 Å². The Morgan fingerprint density at radius 2 is 1.80 bits per heavy atom. The lowest BCUT2D eigenvalue weighted by Crippen LogP contribution is -2.13. The number of nitrogens with two attached hydrogens (primary N) is 1. The molecule has 0 spiro atoms. The quantitative estimate of drug-likeness (QED) is 0.430. The highest BCUT2D eigenvalue weighted by atomic mass is 79.9. The maximum Gasteiger partial charge on any atom is 0.241 e. The van der Waals surface area contributed by atoms with Gasteiger partial charge in [-0.1, -0.05) is 35.3 Å². The van der Waals surface area contributed by atoms with E-state index < -0.39 is 10.0 Å². The number of primary sulfonamides is 1. The molecule has 11 heteroatoms. The lowest BCUT2D eigenvalue weighted by atomic mass is 10.1. The highest BCUT2D eigenvalue weighted by Gasteiger charge is 2.21. The van der Waals surface area contributed by atoms with Crippen molar-refractivity contribution in [1.29, 1.82) is 0 Å². The van der Waals surface area contributed by atoms with Crippen LogP contribution in [0, 0.1) is 0 Å². The molecule has 3 N–H and O–H groups in total. The van der Waals surface area contributed by atoms with E-state index in [-0.39, 0.29) is 26.6 Å². The first-order valence-corrected chi connectivity index (χ1v) is 11.7. The Bertz CT molecular complexity index is 1180. The minimum absolute atomic E-state index is 0.0197. The van der Waals surface area contributed by atoms with Crippen LogP contribution in [0.2, 0.25) is 10.0 Å². The second-order valence-electron chi connectivity index (χ2n) is 6.25. The lowest BCUT2D eigenvalue weighted by molar-refractivity contribution is 0.299. The molecule has 0 aliphatic carbocycles. The molecule has 0 saturated heterocycles. The third-order valence-corrected chi connectivity index (χ3v) is 6.43. The van der Waals surface area contributed by atoms with Crippen LogP contribution in [0.15, 0.2) is 52.1 Å². The molecule has 0 fully saturated rings.